The van der Waals surface area contributed by atoms with Gasteiger partial charge >= 0.3 is 6.09 Å². The number of amides is 3. The largest absolute Gasteiger partial charge is 0.444 e. The van der Waals surface area contributed by atoms with E-state index in [1.54, 1.807) is 25.7 Å². The summed E-state index contributed by atoms with van der Waals surface area (Å²) in [6.45, 7) is 15.4. The number of rotatable bonds is 10. The van der Waals surface area contributed by atoms with Gasteiger partial charge in [0.05, 0.1) is 0 Å². The minimum atomic E-state index is -0.843. The highest BCUT2D eigenvalue weighted by atomic mass is 16.6. The first-order valence-electron chi connectivity index (χ1n) is 14.1. The monoisotopic (exact) mass is 535 g/mol. The molecule has 0 aliphatic heterocycles. The van der Waals surface area contributed by atoms with Crippen molar-refractivity contribution in [2.45, 2.75) is 105 Å². The van der Waals surface area contributed by atoms with Crippen LogP contribution < -0.4 is 10.6 Å². The average molecular weight is 536 g/mol. The summed E-state index contributed by atoms with van der Waals surface area (Å²) >= 11 is 0. The van der Waals surface area contributed by atoms with Gasteiger partial charge in [-0.1, -0.05) is 63.2 Å². The van der Waals surface area contributed by atoms with Crippen molar-refractivity contribution in [3.05, 3.63) is 64.7 Å². The fourth-order valence-electron chi connectivity index (χ4n) is 4.77. The number of carbonyl (C=O) groups is 3. The Hall–Kier alpha value is -3.35. The number of nitrogens with one attached hydrogen (secondary N) is 2. The van der Waals surface area contributed by atoms with Crippen LogP contribution in [0.1, 0.15) is 89.1 Å². The van der Waals surface area contributed by atoms with Crippen molar-refractivity contribution in [1.82, 2.24) is 10.2 Å². The number of aryl methyl sites for hydroxylation is 3. The summed E-state index contributed by atoms with van der Waals surface area (Å²) in [6, 6.07) is 12.0. The molecule has 0 heterocycles. The molecule has 7 nitrogen and oxygen atoms in total. The summed E-state index contributed by atoms with van der Waals surface area (Å²) in [5.41, 5.74) is 3.87. The summed E-state index contributed by atoms with van der Waals surface area (Å²) in [5, 5.41) is 5.95. The van der Waals surface area contributed by atoms with E-state index in [1.807, 2.05) is 70.2 Å². The van der Waals surface area contributed by atoms with Crippen LogP contribution in [0.5, 0.6) is 0 Å². The quantitative estimate of drug-likeness (QED) is 0.365. The molecule has 0 aromatic heterocycles. The van der Waals surface area contributed by atoms with E-state index in [-0.39, 0.29) is 23.8 Å². The Morgan fingerprint density at radius 3 is 2.08 bits per heavy atom. The van der Waals surface area contributed by atoms with Gasteiger partial charge < -0.3 is 20.3 Å². The predicted molar refractivity (Wildman–Crippen MR) is 156 cm³/mol. The fourth-order valence-corrected chi connectivity index (χ4v) is 4.77. The van der Waals surface area contributed by atoms with Crippen molar-refractivity contribution in [3.63, 3.8) is 0 Å². The second-order valence-corrected chi connectivity index (χ2v) is 12.1. The van der Waals surface area contributed by atoms with Crippen LogP contribution in [-0.2, 0) is 20.7 Å². The van der Waals surface area contributed by atoms with Crippen LogP contribution in [0, 0.1) is 19.8 Å². The van der Waals surface area contributed by atoms with Gasteiger partial charge in [-0.2, -0.15) is 0 Å². The SMILES string of the molecule is CCc1ccc(C(C(=O)Nc2c(C)cccc2C)N(C(=O)C(CC(C)C)NC(=O)OC(C)(C)C)C2CC2)cc1. The third-order valence-corrected chi connectivity index (χ3v) is 6.85. The number of ether oxygens (including phenoxy) is 1. The van der Waals surface area contributed by atoms with Gasteiger partial charge in [0.1, 0.15) is 17.7 Å². The van der Waals surface area contributed by atoms with Crippen LogP contribution >= 0.6 is 0 Å². The zero-order valence-electron chi connectivity index (χ0n) is 24.8. The molecule has 0 bridgehead atoms. The van der Waals surface area contributed by atoms with Gasteiger partial charge in [-0.3, -0.25) is 9.59 Å². The van der Waals surface area contributed by atoms with Crippen LogP contribution in [0.15, 0.2) is 42.5 Å². The second kappa shape index (κ2) is 12.7. The minimum absolute atomic E-state index is 0.0767. The number of anilines is 1. The highest BCUT2D eigenvalue weighted by Crippen LogP contribution is 2.37. The normalized spacial score (nSPS) is 14.9. The average Bonchev–Trinajstić information content (AvgIpc) is 3.68. The van der Waals surface area contributed by atoms with Crippen molar-refractivity contribution < 1.29 is 19.1 Å². The first kappa shape index (κ1) is 30.2. The number of carbonyl (C=O) groups excluding carboxylic acids is 3. The molecule has 2 atom stereocenters. The van der Waals surface area contributed by atoms with Crippen LogP contribution in [0.2, 0.25) is 0 Å². The van der Waals surface area contributed by atoms with Gasteiger partial charge in [0.15, 0.2) is 0 Å². The Kier molecular flexibility index (Phi) is 9.81. The van der Waals surface area contributed by atoms with Gasteiger partial charge in [0.25, 0.3) is 5.91 Å². The molecule has 1 aliphatic rings. The van der Waals surface area contributed by atoms with Gasteiger partial charge in [-0.05, 0) is 88.5 Å². The van der Waals surface area contributed by atoms with E-state index < -0.39 is 23.8 Å². The summed E-state index contributed by atoms with van der Waals surface area (Å²) in [7, 11) is 0. The maximum Gasteiger partial charge on any atom is 0.408 e. The number of hydrogen-bond acceptors (Lipinski definition) is 4. The molecule has 7 heteroatoms. The Balaban J connectivity index is 2.02. The van der Waals surface area contributed by atoms with Crippen molar-refractivity contribution in [3.8, 4) is 0 Å². The zero-order chi connectivity index (χ0) is 28.9. The molecule has 0 saturated heterocycles. The Labute approximate surface area is 233 Å². The minimum Gasteiger partial charge on any atom is -0.444 e. The molecule has 1 aliphatic carbocycles. The van der Waals surface area contributed by atoms with Gasteiger partial charge in [0, 0.05) is 11.7 Å². The standard InChI is InChI=1S/C32H45N3O4/c1-9-23-13-15-24(16-14-23)28(29(36)34-27-21(4)11-10-12-22(27)5)35(25-17-18-25)30(37)26(19-20(2)3)33-31(38)39-32(6,7)8/h10-16,20,25-26,28H,9,17-19H2,1-8H3,(H,33,38)(H,34,36). The highest BCUT2D eigenvalue weighted by molar-refractivity contribution is 6.00. The van der Waals surface area contributed by atoms with Gasteiger partial charge in [-0.15, -0.1) is 0 Å². The lowest BCUT2D eigenvalue weighted by molar-refractivity contribution is -0.141. The van der Waals surface area contributed by atoms with Crippen molar-refractivity contribution >= 4 is 23.6 Å². The van der Waals surface area contributed by atoms with Crippen LogP contribution in [0.4, 0.5) is 10.5 Å². The Morgan fingerprint density at radius 1 is 1.00 bits per heavy atom. The summed E-state index contributed by atoms with van der Waals surface area (Å²) in [4.78, 5) is 42.8. The lowest BCUT2D eigenvalue weighted by Crippen LogP contribution is -2.53. The third-order valence-electron chi connectivity index (χ3n) is 6.85. The van der Waals surface area contributed by atoms with E-state index in [0.29, 0.717) is 6.42 Å². The molecule has 1 saturated carbocycles. The smallest absolute Gasteiger partial charge is 0.408 e. The van der Waals surface area contributed by atoms with Gasteiger partial charge in [0.2, 0.25) is 5.91 Å². The summed E-state index contributed by atoms with van der Waals surface area (Å²) < 4.78 is 5.48. The van der Waals surface area contributed by atoms with Crippen molar-refractivity contribution in [2.75, 3.05) is 5.32 Å². The van der Waals surface area contributed by atoms with Crippen LogP contribution in [0.3, 0.4) is 0 Å². The molecular weight excluding hydrogens is 490 g/mol. The zero-order valence-corrected chi connectivity index (χ0v) is 24.8. The number of hydrogen-bond donors (Lipinski definition) is 2. The first-order valence-corrected chi connectivity index (χ1v) is 14.1. The molecule has 2 aromatic rings. The number of nitrogens with zero attached hydrogens (tertiary/aromatic N) is 1. The van der Waals surface area contributed by atoms with Crippen molar-refractivity contribution in [1.29, 1.82) is 0 Å². The molecule has 0 spiro atoms. The lowest BCUT2D eigenvalue weighted by atomic mass is 9.97. The van der Waals surface area contributed by atoms with E-state index in [9.17, 15) is 14.4 Å². The van der Waals surface area contributed by atoms with Crippen molar-refractivity contribution in [2.24, 2.45) is 5.92 Å². The lowest BCUT2D eigenvalue weighted by Gasteiger charge is -2.35. The van der Waals surface area contributed by atoms with E-state index in [1.165, 1.54) is 0 Å². The summed E-state index contributed by atoms with van der Waals surface area (Å²) in [5.74, 6) is -0.392. The van der Waals surface area contributed by atoms with E-state index in [4.69, 9.17) is 4.74 Å². The number of alkyl carbamates (subject to hydrolysis) is 1. The molecule has 0 radical (unpaired) electrons. The highest BCUT2D eigenvalue weighted by Gasteiger charge is 2.44. The molecule has 1 fully saturated rings. The van der Waals surface area contributed by atoms with Gasteiger partial charge in [-0.25, -0.2) is 4.79 Å². The Bertz CT molecular complexity index is 1140. The first-order chi connectivity index (χ1) is 18.3. The number of para-hydroxylation sites is 1. The second-order valence-electron chi connectivity index (χ2n) is 12.1. The predicted octanol–water partition coefficient (Wildman–Crippen LogP) is 6.48. The maximum absolute atomic E-state index is 14.3. The molecule has 212 valence electrons. The molecule has 2 N–H and O–H groups in total. The van der Waals surface area contributed by atoms with Crippen LogP contribution in [-0.4, -0.2) is 40.5 Å². The maximum atomic E-state index is 14.3. The Morgan fingerprint density at radius 2 is 1.59 bits per heavy atom. The molecule has 3 rings (SSSR count). The topological polar surface area (TPSA) is 87.7 Å². The molecular formula is C32H45N3O4. The third kappa shape index (κ3) is 8.32. The molecule has 2 aromatic carbocycles. The van der Waals surface area contributed by atoms with Crippen LogP contribution in [0.25, 0.3) is 0 Å². The number of benzene rings is 2. The summed E-state index contributed by atoms with van der Waals surface area (Å²) in [6.07, 6.45) is 2.29. The van der Waals surface area contributed by atoms with E-state index in [2.05, 4.69) is 17.6 Å². The van der Waals surface area contributed by atoms with E-state index in [0.717, 1.165) is 47.2 Å². The van der Waals surface area contributed by atoms with E-state index >= 15 is 0 Å². The molecule has 39 heavy (non-hydrogen) atoms. The fraction of sp³-hybridized carbons (Fsp3) is 0.531. The molecule has 2 unspecified atom stereocenters. The molecule has 3 amide bonds.